The minimum atomic E-state index is -1.89. The summed E-state index contributed by atoms with van der Waals surface area (Å²) in [7, 11) is -3.04. The molecule has 1 aromatic rings. The van der Waals surface area contributed by atoms with E-state index in [2.05, 4.69) is 60.4 Å². The van der Waals surface area contributed by atoms with Gasteiger partial charge in [0.2, 0.25) is 0 Å². The van der Waals surface area contributed by atoms with Gasteiger partial charge in [0.1, 0.15) is 18.7 Å². The lowest BCUT2D eigenvalue weighted by molar-refractivity contribution is -0.164. The van der Waals surface area contributed by atoms with Crippen molar-refractivity contribution in [3.8, 4) is 0 Å². The highest BCUT2D eigenvalue weighted by atomic mass is 28.4. The van der Waals surface area contributed by atoms with E-state index in [0.29, 0.717) is 38.8 Å². The van der Waals surface area contributed by atoms with Gasteiger partial charge < -0.3 is 28.3 Å². The van der Waals surface area contributed by atoms with E-state index in [-0.39, 0.29) is 10.8 Å². The molecule has 1 saturated heterocycles. The Bertz CT molecular complexity index is 780. The zero-order valence-electron chi connectivity index (χ0n) is 24.6. The van der Waals surface area contributed by atoms with Crippen LogP contribution in [-0.4, -0.2) is 56.7 Å². The third-order valence-corrected chi connectivity index (χ3v) is 13.8. The summed E-state index contributed by atoms with van der Waals surface area (Å²) in [5.41, 5.74) is 0.864. The van der Waals surface area contributed by atoms with Gasteiger partial charge in [0.25, 0.3) is 0 Å². The van der Waals surface area contributed by atoms with Crippen LogP contribution in [0, 0.1) is 0 Å². The molecule has 0 aliphatic carbocycles. The highest BCUT2D eigenvalue weighted by molar-refractivity contribution is 6.76. The quantitative estimate of drug-likeness (QED) is 0.182. The zero-order valence-corrected chi connectivity index (χ0v) is 26.6. The van der Waals surface area contributed by atoms with Crippen molar-refractivity contribution in [2.45, 2.75) is 135 Å². The Morgan fingerprint density at radius 2 is 1.78 bits per heavy atom. The largest absolute Gasteiger partial charge is 0.411 e. The zero-order chi connectivity index (χ0) is 27.0. The van der Waals surface area contributed by atoms with Crippen LogP contribution in [0.15, 0.2) is 6.20 Å². The summed E-state index contributed by atoms with van der Waals surface area (Å²) >= 11 is 0. The van der Waals surface area contributed by atoms with Gasteiger partial charge in [-0.2, -0.15) is 0 Å². The summed E-state index contributed by atoms with van der Waals surface area (Å²) in [6, 6.07) is 1.12. The predicted octanol–water partition coefficient (Wildman–Crippen LogP) is 6.85. The first kappa shape index (κ1) is 31.7. The minimum Gasteiger partial charge on any atom is -0.411 e. The fraction of sp³-hybridized carbons (Fsp3) is 0.889. The second kappa shape index (κ2) is 13.5. The Hall–Kier alpha value is -0.556. The van der Waals surface area contributed by atoms with Gasteiger partial charge in [-0.1, -0.05) is 60.2 Å². The van der Waals surface area contributed by atoms with Crippen LogP contribution < -0.4 is 0 Å². The predicted molar refractivity (Wildman–Crippen MR) is 151 cm³/mol. The molecule has 36 heavy (non-hydrogen) atoms. The molecule has 1 atom stereocenters. The second-order valence-electron chi connectivity index (χ2n) is 13.0. The van der Waals surface area contributed by atoms with Crippen LogP contribution in [0.5, 0.6) is 0 Å². The summed E-state index contributed by atoms with van der Waals surface area (Å²) in [4.78, 5) is 4.81. The molecular weight excluding hydrogens is 488 g/mol. The molecule has 0 amide bonds. The van der Waals surface area contributed by atoms with Gasteiger partial charge in [-0.05, 0) is 43.4 Å². The maximum absolute atomic E-state index is 11.1. The third-order valence-electron chi connectivity index (χ3n) is 7.66. The lowest BCUT2D eigenvalue weighted by Gasteiger charge is -2.35. The van der Waals surface area contributed by atoms with Crippen LogP contribution in [0.3, 0.4) is 0 Å². The Morgan fingerprint density at radius 1 is 1.11 bits per heavy atom. The minimum absolute atomic E-state index is 0.142. The van der Waals surface area contributed by atoms with E-state index in [4.69, 9.17) is 23.6 Å². The smallest absolute Gasteiger partial charge is 0.192 e. The van der Waals surface area contributed by atoms with Gasteiger partial charge in [0.15, 0.2) is 14.1 Å². The third kappa shape index (κ3) is 9.96. The number of unbranched alkanes of at least 4 members (excludes halogenated alkanes) is 2. The molecule has 7 nitrogen and oxygen atoms in total. The molecule has 1 aliphatic heterocycles. The number of aliphatic hydroxyl groups excluding tert-OH is 1. The van der Waals surface area contributed by atoms with Crippen molar-refractivity contribution in [1.82, 2.24) is 9.55 Å². The summed E-state index contributed by atoms with van der Waals surface area (Å²) in [5, 5.41) is 11.2. The van der Waals surface area contributed by atoms with Gasteiger partial charge in [-0.25, -0.2) is 4.98 Å². The number of rotatable bonds is 16. The van der Waals surface area contributed by atoms with Crippen LogP contribution in [-0.2, 0) is 32.0 Å². The number of aromatic nitrogens is 2. The molecule has 1 unspecified atom stereocenters. The van der Waals surface area contributed by atoms with E-state index in [1.807, 2.05) is 10.8 Å². The maximum atomic E-state index is 11.1. The fourth-order valence-corrected chi connectivity index (χ4v) is 5.70. The number of imidazole rings is 1. The highest BCUT2D eigenvalue weighted by Crippen LogP contribution is 2.37. The molecule has 0 aromatic carbocycles. The Labute approximate surface area is 222 Å². The molecule has 2 heterocycles. The molecule has 210 valence electrons. The number of hydrogen-bond donors (Lipinski definition) is 1. The van der Waals surface area contributed by atoms with Crippen molar-refractivity contribution in [1.29, 1.82) is 0 Å². The number of nitrogens with zero attached hydrogens (tertiary/aromatic N) is 2. The van der Waals surface area contributed by atoms with E-state index < -0.39 is 22.5 Å². The number of ether oxygens (including phenoxy) is 3. The van der Waals surface area contributed by atoms with Gasteiger partial charge in [-0.15, -0.1) is 0 Å². The molecule has 1 N–H and O–H groups in total. The molecule has 0 bridgehead atoms. The van der Waals surface area contributed by atoms with Gasteiger partial charge >= 0.3 is 0 Å². The van der Waals surface area contributed by atoms with Crippen molar-refractivity contribution in [2.75, 3.05) is 19.8 Å². The normalized spacial score (nSPS) is 17.6. The van der Waals surface area contributed by atoms with Crippen LogP contribution in [0.1, 0.15) is 83.8 Å². The average molecular weight is 543 g/mol. The molecule has 0 radical (unpaired) electrons. The van der Waals surface area contributed by atoms with Crippen molar-refractivity contribution >= 4 is 16.4 Å². The molecule has 1 aromatic heterocycles. The summed E-state index contributed by atoms with van der Waals surface area (Å²) in [5.74, 6) is 0.297. The monoisotopic (exact) mass is 542 g/mol. The molecule has 2 rings (SSSR count). The Kier molecular flexibility index (Phi) is 11.9. The first-order valence-corrected chi connectivity index (χ1v) is 20.5. The van der Waals surface area contributed by atoms with Crippen LogP contribution in [0.4, 0.5) is 0 Å². The topological polar surface area (TPSA) is 75.0 Å². The number of hydrogen-bond acceptors (Lipinski definition) is 6. The van der Waals surface area contributed by atoms with Gasteiger partial charge in [0.05, 0.1) is 25.5 Å². The van der Waals surface area contributed by atoms with E-state index in [0.717, 1.165) is 50.4 Å². The molecule has 1 aliphatic rings. The summed E-state index contributed by atoms with van der Waals surface area (Å²) in [6.07, 6.45) is 6.83. The van der Waals surface area contributed by atoms with Crippen LogP contribution in [0.2, 0.25) is 43.8 Å². The second-order valence-corrected chi connectivity index (χ2v) is 23.5. The van der Waals surface area contributed by atoms with E-state index in [9.17, 15) is 5.11 Å². The van der Waals surface area contributed by atoms with Crippen molar-refractivity contribution in [2.24, 2.45) is 0 Å². The summed E-state index contributed by atoms with van der Waals surface area (Å²) < 4.78 is 26.1. The first-order chi connectivity index (χ1) is 16.7. The molecule has 0 spiro atoms. The van der Waals surface area contributed by atoms with Gasteiger partial charge in [-0.3, -0.25) is 0 Å². The van der Waals surface area contributed by atoms with E-state index in [1.54, 1.807) is 0 Å². The van der Waals surface area contributed by atoms with Crippen molar-refractivity contribution in [3.63, 3.8) is 0 Å². The lowest BCUT2D eigenvalue weighted by atomic mass is 10.0. The van der Waals surface area contributed by atoms with Crippen molar-refractivity contribution < 1.29 is 23.7 Å². The first-order valence-electron chi connectivity index (χ1n) is 13.9. The lowest BCUT2D eigenvalue weighted by Crippen LogP contribution is -2.40. The van der Waals surface area contributed by atoms with Gasteiger partial charge in [0, 0.05) is 27.3 Å². The van der Waals surface area contributed by atoms with E-state index >= 15 is 0 Å². The molecular formula is C27H54N2O5Si2. The number of aliphatic hydroxyl groups is 1. The Morgan fingerprint density at radius 3 is 2.36 bits per heavy atom. The standard InChI is InChI=1S/C27H54N2O5Si2/c1-10-27(32-16-17-33-27)15-13-11-12-14-24(30)25-28-23(21-34-36(8,9)26(2,3)4)20-29(25)22-31-18-19-35(5,6)7/h20,24,30H,10-19,21-22H2,1-9H3. The van der Waals surface area contributed by atoms with Crippen LogP contribution in [0.25, 0.3) is 0 Å². The molecule has 1 fully saturated rings. The maximum Gasteiger partial charge on any atom is 0.192 e. The fourth-order valence-electron chi connectivity index (χ4n) is 4.00. The summed E-state index contributed by atoms with van der Waals surface area (Å²) in [6.45, 7) is 23.4. The average Bonchev–Trinajstić information content (AvgIpc) is 3.41. The van der Waals surface area contributed by atoms with Crippen LogP contribution >= 0.6 is 0 Å². The molecule has 0 saturated carbocycles. The Balaban J connectivity index is 1.95. The van der Waals surface area contributed by atoms with Crippen molar-refractivity contribution in [3.05, 3.63) is 17.7 Å². The highest BCUT2D eigenvalue weighted by Gasteiger charge is 2.37. The van der Waals surface area contributed by atoms with E-state index in [1.165, 1.54) is 0 Å². The SMILES string of the molecule is CCC1(CCCCCC(O)c2nc(CO[Si](C)(C)C(C)(C)C)cn2COCC[Si](C)(C)C)OCCO1. The molecule has 9 heteroatoms.